The Morgan fingerprint density at radius 1 is 1.38 bits per heavy atom. The normalized spacial score (nSPS) is 25.0. The second-order valence-corrected chi connectivity index (χ2v) is 8.37. The van der Waals surface area contributed by atoms with Gasteiger partial charge in [0.05, 0.1) is 10.6 Å². The van der Waals surface area contributed by atoms with Crippen LogP contribution in [0.5, 0.6) is 0 Å². The highest BCUT2D eigenvalue weighted by atomic mass is 79.9. The van der Waals surface area contributed by atoms with Crippen LogP contribution in [0.1, 0.15) is 36.0 Å². The lowest BCUT2D eigenvalue weighted by Crippen LogP contribution is -2.44. The molecule has 0 aliphatic carbocycles. The third-order valence-electron chi connectivity index (χ3n) is 4.46. The van der Waals surface area contributed by atoms with Crippen LogP contribution in [0.4, 0.5) is 0 Å². The van der Waals surface area contributed by atoms with E-state index in [2.05, 4.69) is 15.9 Å². The van der Waals surface area contributed by atoms with Crippen LogP contribution in [0.25, 0.3) is 0 Å². The molecule has 1 aromatic carbocycles. The molecule has 5 heteroatoms. The minimum absolute atomic E-state index is 0.0422. The van der Waals surface area contributed by atoms with E-state index in [4.69, 9.17) is 16.3 Å². The van der Waals surface area contributed by atoms with Gasteiger partial charge >= 0.3 is 0 Å². The molecule has 0 N–H and O–H groups in total. The fourth-order valence-electron chi connectivity index (χ4n) is 3.25. The average Bonchev–Trinajstić information content (AvgIpc) is 2.47. The number of benzene rings is 1. The van der Waals surface area contributed by atoms with Gasteiger partial charge in [0.25, 0.3) is 0 Å². The summed E-state index contributed by atoms with van der Waals surface area (Å²) in [6, 6.07) is 5.50. The molecule has 1 aromatic rings. The van der Waals surface area contributed by atoms with Crippen molar-refractivity contribution in [2.24, 2.45) is 5.92 Å². The molecule has 2 heterocycles. The predicted molar refractivity (Wildman–Crippen MR) is 91.4 cm³/mol. The Balaban J connectivity index is 1.77. The fourth-order valence-corrected chi connectivity index (χ4v) is 5.26. The van der Waals surface area contributed by atoms with Gasteiger partial charge in [-0.3, -0.25) is 4.79 Å². The number of thioether (sulfide) groups is 1. The van der Waals surface area contributed by atoms with Crippen LogP contribution in [0.15, 0.2) is 22.7 Å². The fraction of sp³-hybridized carbons (Fsp3) is 0.562. The molecule has 114 valence electrons. The van der Waals surface area contributed by atoms with Gasteiger partial charge in [-0.05, 0) is 55.4 Å². The zero-order valence-electron chi connectivity index (χ0n) is 11.7. The summed E-state index contributed by atoms with van der Waals surface area (Å²) in [5.41, 5.74) is 0.582. The minimum Gasteiger partial charge on any atom is -0.375 e. The van der Waals surface area contributed by atoms with Crippen LogP contribution in [0.3, 0.4) is 0 Å². The molecule has 0 bridgehead atoms. The maximum atomic E-state index is 12.8. The second-order valence-electron chi connectivity index (χ2n) is 5.82. The largest absolute Gasteiger partial charge is 0.375 e. The van der Waals surface area contributed by atoms with Crippen molar-refractivity contribution in [2.45, 2.75) is 31.3 Å². The molecule has 2 saturated heterocycles. The molecule has 0 radical (unpaired) electrons. The average molecular weight is 390 g/mol. The van der Waals surface area contributed by atoms with Gasteiger partial charge in [0, 0.05) is 22.6 Å². The van der Waals surface area contributed by atoms with Crippen molar-refractivity contribution < 1.29 is 9.53 Å². The molecule has 21 heavy (non-hydrogen) atoms. The lowest BCUT2D eigenvalue weighted by atomic mass is 9.79. The Morgan fingerprint density at radius 3 is 2.86 bits per heavy atom. The number of ketones is 1. The number of halogens is 2. The Kier molecular flexibility index (Phi) is 4.99. The summed E-state index contributed by atoms with van der Waals surface area (Å²) in [5.74, 6) is 2.49. The van der Waals surface area contributed by atoms with Crippen LogP contribution >= 0.6 is 39.3 Å². The highest BCUT2D eigenvalue weighted by Crippen LogP contribution is 2.41. The van der Waals surface area contributed by atoms with Gasteiger partial charge in [0.1, 0.15) is 0 Å². The van der Waals surface area contributed by atoms with E-state index in [1.165, 1.54) is 0 Å². The van der Waals surface area contributed by atoms with Gasteiger partial charge < -0.3 is 4.74 Å². The molecule has 1 atom stereocenters. The maximum Gasteiger partial charge on any atom is 0.167 e. The first-order valence-corrected chi connectivity index (χ1v) is 9.63. The number of Topliss-reactive ketones (excluding diaryl/α,β-unsaturated/α-hetero) is 1. The van der Waals surface area contributed by atoms with Crippen molar-refractivity contribution >= 4 is 45.1 Å². The van der Waals surface area contributed by atoms with E-state index in [0.29, 0.717) is 17.2 Å². The Bertz CT molecular complexity index is 538. The minimum atomic E-state index is -0.0638. The third kappa shape index (κ3) is 3.49. The first kappa shape index (κ1) is 15.9. The lowest BCUT2D eigenvalue weighted by Gasteiger charge is -2.43. The number of carbonyl (C=O) groups is 1. The number of rotatable bonds is 2. The Morgan fingerprint density at radius 2 is 2.14 bits per heavy atom. The number of hydrogen-bond donors (Lipinski definition) is 0. The van der Waals surface area contributed by atoms with E-state index >= 15 is 0 Å². The van der Waals surface area contributed by atoms with Crippen molar-refractivity contribution in [3.8, 4) is 0 Å². The van der Waals surface area contributed by atoms with Crippen molar-refractivity contribution in [1.82, 2.24) is 0 Å². The van der Waals surface area contributed by atoms with Gasteiger partial charge in [-0.15, -0.1) is 0 Å². The summed E-state index contributed by atoms with van der Waals surface area (Å²) < 4.78 is 6.97. The van der Waals surface area contributed by atoms with Crippen molar-refractivity contribution in [3.05, 3.63) is 33.3 Å². The van der Waals surface area contributed by atoms with Crippen molar-refractivity contribution in [1.29, 1.82) is 0 Å². The summed E-state index contributed by atoms with van der Waals surface area (Å²) >= 11 is 11.6. The number of hydrogen-bond acceptors (Lipinski definition) is 3. The molecule has 0 saturated carbocycles. The molecule has 1 spiro atoms. The molecule has 3 rings (SSSR count). The quantitative estimate of drug-likeness (QED) is 0.667. The van der Waals surface area contributed by atoms with Gasteiger partial charge in [-0.2, -0.15) is 11.8 Å². The molecule has 2 aliphatic heterocycles. The van der Waals surface area contributed by atoms with E-state index in [9.17, 15) is 4.79 Å². The monoisotopic (exact) mass is 388 g/mol. The predicted octanol–water partition coefficient (Wildman–Crippen LogP) is 4.98. The van der Waals surface area contributed by atoms with Gasteiger partial charge in [0.15, 0.2) is 5.78 Å². The third-order valence-corrected chi connectivity index (χ3v) is 6.26. The second kappa shape index (κ2) is 6.61. The summed E-state index contributed by atoms with van der Waals surface area (Å²) in [4.78, 5) is 12.8. The SMILES string of the molecule is O=C(c1ccc(Br)cc1Cl)C1CCOC2(CCSCC2)C1. The number of ether oxygens (including phenoxy) is 1. The van der Waals surface area contributed by atoms with E-state index < -0.39 is 0 Å². The highest BCUT2D eigenvalue weighted by molar-refractivity contribution is 9.10. The molecular formula is C16H18BrClO2S. The van der Waals surface area contributed by atoms with Crippen LogP contribution in [0.2, 0.25) is 5.02 Å². The zero-order valence-corrected chi connectivity index (χ0v) is 14.9. The first-order valence-electron chi connectivity index (χ1n) is 7.31. The molecule has 1 unspecified atom stereocenters. The Hall–Kier alpha value is -0.0300. The van der Waals surface area contributed by atoms with E-state index in [0.717, 1.165) is 41.7 Å². The van der Waals surface area contributed by atoms with Crippen LogP contribution in [-0.2, 0) is 4.74 Å². The summed E-state index contributed by atoms with van der Waals surface area (Å²) in [7, 11) is 0. The molecule has 2 aliphatic rings. The van der Waals surface area contributed by atoms with Crippen molar-refractivity contribution in [3.63, 3.8) is 0 Å². The summed E-state index contributed by atoms with van der Waals surface area (Å²) in [5, 5.41) is 0.536. The van der Waals surface area contributed by atoms with Crippen LogP contribution < -0.4 is 0 Å². The molecule has 2 fully saturated rings. The maximum absolute atomic E-state index is 12.8. The topological polar surface area (TPSA) is 26.3 Å². The summed E-state index contributed by atoms with van der Waals surface area (Å²) in [6.45, 7) is 0.690. The van der Waals surface area contributed by atoms with Crippen LogP contribution in [-0.4, -0.2) is 29.5 Å². The molecule has 0 amide bonds. The van der Waals surface area contributed by atoms with E-state index in [-0.39, 0.29) is 17.3 Å². The summed E-state index contributed by atoms with van der Waals surface area (Å²) in [6.07, 6.45) is 3.78. The zero-order chi connectivity index (χ0) is 14.9. The molecule has 0 aromatic heterocycles. The smallest absolute Gasteiger partial charge is 0.167 e. The van der Waals surface area contributed by atoms with Crippen molar-refractivity contribution in [2.75, 3.05) is 18.1 Å². The van der Waals surface area contributed by atoms with Crippen LogP contribution in [0, 0.1) is 5.92 Å². The Labute approximate surface area is 143 Å². The van der Waals surface area contributed by atoms with Gasteiger partial charge in [-0.1, -0.05) is 27.5 Å². The highest BCUT2D eigenvalue weighted by Gasteiger charge is 2.41. The molecule has 2 nitrogen and oxygen atoms in total. The standard InChI is InChI=1S/C16H18BrClO2S/c17-12-1-2-13(14(18)9-12)15(19)11-3-6-20-16(10-11)4-7-21-8-5-16/h1-2,9,11H,3-8,10H2. The first-order chi connectivity index (χ1) is 10.1. The van der Waals surface area contributed by atoms with E-state index in [1.54, 1.807) is 6.07 Å². The molecular weight excluding hydrogens is 372 g/mol. The van der Waals surface area contributed by atoms with Gasteiger partial charge in [0.2, 0.25) is 0 Å². The lowest BCUT2D eigenvalue weighted by molar-refractivity contribution is -0.0959. The van der Waals surface area contributed by atoms with Gasteiger partial charge in [-0.25, -0.2) is 0 Å². The van der Waals surface area contributed by atoms with E-state index in [1.807, 2.05) is 23.9 Å². The number of carbonyl (C=O) groups excluding carboxylic acids is 1.